The van der Waals surface area contributed by atoms with Crippen molar-refractivity contribution >= 4 is 17.5 Å². The predicted octanol–water partition coefficient (Wildman–Crippen LogP) is 3.63. The van der Waals surface area contributed by atoms with E-state index in [1.165, 1.54) is 5.56 Å². The second-order valence-corrected chi connectivity index (χ2v) is 6.66. The fourth-order valence-electron chi connectivity index (χ4n) is 2.71. The summed E-state index contributed by atoms with van der Waals surface area (Å²) in [5, 5.41) is 3.54. The SMILES string of the molecule is Cc1cc(OCC(=O)NCCc2nccn2Cc2ccccc2)ccc1Cl. The Labute approximate surface area is 164 Å². The molecule has 0 saturated carbocycles. The molecular weight excluding hydrogens is 362 g/mol. The number of nitrogens with zero attached hydrogens (tertiary/aromatic N) is 2. The van der Waals surface area contributed by atoms with Gasteiger partial charge in [-0.1, -0.05) is 41.9 Å². The van der Waals surface area contributed by atoms with Crippen LogP contribution in [-0.2, 0) is 17.8 Å². The minimum Gasteiger partial charge on any atom is -0.484 e. The third kappa shape index (κ3) is 5.59. The van der Waals surface area contributed by atoms with E-state index >= 15 is 0 Å². The van der Waals surface area contributed by atoms with Crippen molar-refractivity contribution in [2.45, 2.75) is 19.9 Å². The molecule has 0 aliphatic rings. The van der Waals surface area contributed by atoms with Gasteiger partial charge in [-0.05, 0) is 36.2 Å². The zero-order valence-electron chi connectivity index (χ0n) is 15.2. The van der Waals surface area contributed by atoms with Gasteiger partial charge in [0.2, 0.25) is 0 Å². The molecule has 27 heavy (non-hydrogen) atoms. The third-order valence-electron chi connectivity index (χ3n) is 4.17. The Bertz CT molecular complexity index is 893. The number of nitrogens with one attached hydrogen (secondary N) is 1. The molecule has 1 N–H and O–H groups in total. The topological polar surface area (TPSA) is 56.1 Å². The number of halogens is 1. The van der Waals surface area contributed by atoms with Gasteiger partial charge in [-0.2, -0.15) is 0 Å². The van der Waals surface area contributed by atoms with E-state index in [0.29, 0.717) is 23.7 Å². The smallest absolute Gasteiger partial charge is 0.257 e. The van der Waals surface area contributed by atoms with E-state index in [4.69, 9.17) is 16.3 Å². The van der Waals surface area contributed by atoms with Crippen LogP contribution in [0.25, 0.3) is 0 Å². The van der Waals surface area contributed by atoms with Crippen LogP contribution in [0.15, 0.2) is 60.9 Å². The van der Waals surface area contributed by atoms with Gasteiger partial charge < -0.3 is 14.6 Å². The molecule has 1 aromatic heterocycles. The van der Waals surface area contributed by atoms with Crippen molar-refractivity contribution in [3.63, 3.8) is 0 Å². The monoisotopic (exact) mass is 383 g/mol. The van der Waals surface area contributed by atoms with Gasteiger partial charge in [0, 0.05) is 36.9 Å². The molecule has 5 nitrogen and oxygen atoms in total. The second kappa shape index (κ2) is 9.24. The van der Waals surface area contributed by atoms with Gasteiger partial charge in [0.05, 0.1) is 0 Å². The van der Waals surface area contributed by atoms with E-state index in [9.17, 15) is 4.79 Å². The van der Waals surface area contributed by atoms with Crippen LogP contribution in [0.2, 0.25) is 5.02 Å². The van der Waals surface area contributed by atoms with Gasteiger partial charge in [0.25, 0.3) is 5.91 Å². The zero-order chi connectivity index (χ0) is 19.1. The van der Waals surface area contributed by atoms with Crippen LogP contribution in [0.4, 0.5) is 0 Å². The van der Waals surface area contributed by atoms with Crippen LogP contribution in [0.1, 0.15) is 17.0 Å². The maximum atomic E-state index is 12.0. The van der Waals surface area contributed by atoms with Gasteiger partial charge in [-0.25, -0.2) is 4.98 Å². The number of aryl methyl sites for hydroxylation is 1. The van der Waals surface area contributed by atoms with Crippen molar-refractivity contribution < 1.29 is 9.53 Å². The fraction of sp³-hybridized carbons (Fsp3) is 0.238. The first-order valence-electron chi connectivity index (χ1n) is 8.81. The lowest BCUT2D eigenvalue weighted by Gasteiger charge is -2.10. The minimum absolute atomic E-state index is 0.0282. The Morgan fingerprint density at radius 2 is 2.04 bits per heavy atom. The molecule has 6 heteroatoms. The highest BCUT2D eigenvalue weighted by atomic mass is 35.5. The van der Waals surface area contributed by atoms with Crippen molar-refractivity contribution in [1.82, 2.24) is 14.9 Å². The van der Waals surface area contributed by atoms with Crippen molar-refractivity contribution in [3.05, 3.63) is 82.9 Å². The second-order valence-electron chi connectivity index (χ2n) is 6.26. The first kappa shape index (κ1) is 19.0. The Morgan fingerprint density at radius 1 is 1.22 bits per heavy atom. The predicted molar refractivity (Wildman–Crippen MR) is 106 cm³/mol. The van der Waals surface area contributed by atoms with E-state index < -0.39 is 0 Å². The van der Waals surface area contributed by atoms with E-state index in [0.717, 1.165) is 17.9 Å². The molecule has 2 aromatic carbocycles. The van der Waals surface area contributed by atoms with Crippen LogP contribution in [0, 0.1) is 6.92 Å². The summed E-state index contributed by atoms with van der Waals surface area (Å²) in [4.78, 5) is 16.4. The van der Waals surface area contributed by atoms with E-state index in [1.807, 2.05) is 37.4 Å². The van der Waals surface area contributed by atoms with E-state index in [-0.39, 0.29) is 12.5 Å². The summed E-state index contributed by atoms with van der Waals surface area (Å²) in [5.74, 6) is 1.41. The Balaban J connectivity index is 1.44. The number of ether oxygens (including phenoxy) is 1. The number of amides is 1. The summed E-state index contributed by atoms with van der Waals surface area (Å²) in [6, 6.07) is 15.5. The van der Waals surface area contributed by atoms with Gasteiger partial charge in [0.15, 0.2) is 6.61 Å². The van der Waals surface area contributed by atoms with Gasteiger partial charge in [0.1, 0.15) is 11.6 Å². The van der Waals surface area contributed by atoms with Gasteiger partial charge in [-0.3, -0.25) is 4.79 Å². The molecule has 0 radical (unpaired) electrons. The van der Waals surface area contributed by atoms with Gasteiger partial charge in [-0.15, -0.1) is 0 Å². The standard InChI is InChI=1S/C21H22ClN3O2/c1-16-13-18(7-8-19(16)22)27-15-21(26)24-10-9-20-23-11-12-25(20)14-17-5-3-2-4-6-17/h2-8,11-13H,9-10,14-15H2,1H3,(H,24,26). The highest BCUT2D eigenvalue weighted by molar-refractivity contribution is 6.31. The van der Waals surface area contributed by atoms with Crippen LogP contribution in [0.5, 0.6) is 5.75 Å². The summed E-state index contributed by atoms with van der Waals surface area (Å²) in [7, 11) is 0. The summed E-state index contributed by atoms with van der Waals surface area (Å²) in [5.41, 5.74) is 2.13. The van der Waals surface area contributed by atoms with Gasteiger partial charge >= 0.3 is 0 Å². The highest BCUT2D eigenvalue weighted by Crippen LogP contribution is 2.20. The Kier molecular flexibility index (Phi) is 6.49. The molecule has 0 fully saturated rings. The number of rotatable bonds is 8. The molecule has 0 unspecified atom stereocenters. The Morgan fingerprint density at radius 3 is 2.81 bits per heavy atom. The molecule has 0 aliphatic carbocycles. The number of benzene rings is 2. The Hall–Kier alpha value is -2.79. The number of hydrogen-bond donors (Lipinski definition) is 1. The van der Waals surface area contributed by atoms with Crippen molar-refractivity contribution in [2.24, 2.45) is 0 Å². The maximum absolute atomic E-state index is 12.0. The summed E-state index contributed by atoms with van der Waals surface area (Å²) in [6.07, 6.45) is 4.40. The van der Waals surface area contributed by atoms with E-state index in [2.05, 4.69) is 27.0 Å². The highest BCUT2D eigenvalue weighted by Gasteiger charge is 2.07. The van der Waals surface area contributed by atoms with Crippen molar-refractivity contribution in [3.8, 4) is 5.75 Å². The molecule has 140 valence electrons. The lowest BCUT2D eigenvalue weighted by molar-refractivity contribution is -0.123. The van der Waals surface area contributed by atoms with Crippen LogP contribution < -0.4 is 10.1 Å². The molecule has 0 bridgehead atoms. The zero-order valence-corrected chi connectivity index (χ0v) is 15.9. The lowest BCUT2D eigenvalue weighted by atomic mass is 10.2. The molecular formula is C21H22ClN3O2. The molecule has 0 aliphatic heterocycles. The molecule has 0 saturated heterocycles. The lowest BCUT2D eigenvalue weighted by Crippen LogP contribution is -2.31. The number of imidazole rings is 1. The molecule has 1 amide bonds. The van der Waals surface area contributed by atoms with Crippen LogP contribution in [0.3, 0.4) is 0 Å². The van der Waals surface area contributed by atoms with E-state index in [1.54, 1.807) is 18.3 Å². The number of carbonyl (C=O) groups is 1. The number of aromatic nitrogens is 2. The largest absolute Gasteiger partial charge is 0.484 e. The maximum Gasteiger partial charge on any atom is 0.257 e. The average Bonchev–Trinajstić information content (AvgIpc) is 3.10. The molecule has 0 atom stereocenters. The molecule has 3 aromatic rings. The third-order valence-corrected chi connectivity index (χ3v) is 4.59. The number of hydrogen-bond acceptors (Lipinski definition) is 3. The minimum atomic E-state index is -0.163. The van der Waals surface area contributed by atoms with Crippen molar-refractivity contribution in [1.29, 1.82) is 0 Å². The van der Waals surface area contributed by atoms with Crippen molar-refractivity contribution in [2.75, 3.05) is 13.2 Å². The first-order valence-corrected chi connectivity index (χ1v) is 9.19. The normalized spacial score (nSPS) is 10.6. The molecule has 1 heterocycles. The molecule has 0 spiro atoms. The first-order chi connectivity index (χ1) is 13.1. The summed E-state index contributed by atoms with van der Waals surface area (Å²) < 4.78 is 7.59. The molecule has 3 rings (SSSR count). The summed E-state index contributed by atoms with van der Waals surface area (Å²) in [6.45, 7) is 3.14. The van der Waals surface area contributed by atoms with Crippen LogP contribution in [-0.4, -0.2) is 28.6 Å². The summed E-state index contributed by atoms with van der Waals surface area (Å²) >= 11 is 5.98. The average molecular weight is 384 g/mol. The quantitative estimate of drug-likeness (QED) is 0.646. The number of carbonyl (C=O) groups excluding carboxylic acids is 1. The fourth-order valence-corrected chi connectivity index (χ4v) is 2.83. The van der Waals surface area contributed by atoms with Crippen LogP contribution >= 0.6 is 11.6 Å².